The van der Waals surface area contributed by atoms with E-state index in [4.69, 9.17) is 0 Å². The minimum Gasteiger partial charge on any atom is -0.293 e. The van der Waals surface area contributed by atoms with E-state index < -0.39 is 9.84 Å². The summed E-state index contributed by atoms with van der Waals surface area (Å²) in [6, 6.07) is 0. The Morgan fingerprint density at radius 2 is 2.21 bits per heavy atom. The summed E-state index contributed by atoms with van der Waals surface area (Å²) in [7, 11) is -3.06. The Labute approximate surface area is 86.9 Å². The number of rotatable bonds is 4. The molecule has 14 heavy (non-hydrogen) atoms. The van der Waals surface area contributed by atoms with Crippen molar-refractivity contribution >= 4 is 27.0 Å². The minimum atomic E-state index is -3.06. The van der Waals surface area contributed by atoms with Crippen LogP contribution in [0.15, 0.2) is 5.51 Å². The van der Waals surface area contributed by atoms with Crippen molar-refractivity contribution in [1.29, 1.82) is 0 Å². The van der Waals surface area contributed by atoms with Crippen LogP contribution >= 0.6 is 11.3 Å². The van der Waals surface area contributed by atoms with Crippen molar-refractivity contribution in [3.05, 3.63) is 16.1 Å². The fourth-order valence-corrected chi connectivity index (χ4v) is 2.29. The highest BCUT2D eigenvalue weighted by atomic mass is 32.2. The number of nitrogens with zero attached hydrogens (tertiary/aromatic N) is 1. The predicted octanol–water partition coefficient (Wildman–Crippen LogP) is 1.07. The summed E-state index contributed by atoms with van der Waals surface area (Å²) in [5.74, 6) is -0.237. The first-order valence-corrected chi connectivity index (χ1v) is 6.95. The van der Waals surface area contributed by atoms with Crippen LogP contribution < -0.4 is 0 Å². The Bertz CT molecular complexity index is 433. The van der Waals surface area contributed by atoms with Gasteiger partial charge in [-0.2, -0.15) is 0 Å². The van der Waals surface area contributed by atoms with Crippen molar-refractivity contribution < 1.29 is 13.2 Å². The van der Waals surface area contributed by atoms with Gasteiger partial charge in [0.25, 0.3) is 0 Å². The average molecular weight is 233 g/mol. The lowest BCUT2D eigenvalue weighted by Crippen LogP contribution is -2.09. The molecule has 4 nitrogen and oxygen atoms in total. The molecule has 0 saturated heterocycles. The molecule has 0 aromatic carbocycles. The van der Waals surface area contributed by atoms with Crippen molar-refractivity contribution in [3.63, 3.8) is 0 Å². The molecule has 0 saturated carbocycles. The minimum absolute atomic E-state index is 0.0435. The fraction of sp³-hybridized carbons (Fsp3) is 0.500. The third-order valence-corrected chi connectivity index (χ3v) is 3.61. The van der Waals surface area contributed by atoms with Crippen LogP contribution in [0, 0.1) is 6.92 Å². The predicted molar refractivity (Wildman–Crippen MR) is 55.5 cm³/mol. The Hall–Kier alpha value is -0.750. The van der Waals surface area contributed by atoms with E-state index in [-0.39, 0.29) is 18.0 Å². The third-order valence-electron chi connectivity index (χ3n) is 1.70. The number of sulfone groups is 1. The van der Waals surface area contributed by atoms with Crippen LogP contribution in [0.1, 0.15) is 21.8 Å². The molecule has 0 bridgehead atoms. The Morgan fingerprint density at radius 1 is 1.57 bits per heavy atom. The molecule has 0 aliphatic carbocycles. The fourth-order valence-electron chi connectivity index (χ4n) is 0.961. The van der Waals surface area contributed by atoms with Crippen LogP contribution in [-0.4, -0.2) is 31.2 Å². The van der Waals surface area contributed by atoms with Gasteiger partial charge in [0.2, 0.25) is 0 Å². The Kier molecular flexibility index (Phi) is 3.38. The van der Waals surface area contributed by atoms with E-state index in [0.717, 1.165) is 6.26 Å². The van der Waals surface area contributed by atoms with Gasteiger partial charge in [0.15, 0.2) is 5.78 Å². The number of aromatic nitrogens is 1. The lowest BCUT2D eigenvalue weighted by atomic mass is 10.2. The standard InChI is InChI=1S/C8H11NO3S2/c1-6-8(13-5-9-6)7(10)3-4-14(2,11)12/h5H,3-4H2,1-2H3. The van der Waals surface area contributed by atoms with Crippen molar-refractivity contribution in [2.24, 2.45) is 0 Å². The van der Waals surface area contributed by atoms with E-state index in [1.54, 1.807) is 12.4 Å². The normalized spacial score (nSPS) is 11.6. The van der Waals surface area contributed by atoms with E-state index in [9.17, 15) is 13.2 Å². The molecule has 0 aliphatic heterocycles. The molecule has 0 spiro atoms. The summed E-state index contributed by atoms with van der Waals surface area (Å²) in [6.45, 7) is 1.74. The quantitative estimate of drug-likeness (QED) is 0.730. The van der Waals surface area contributed by atoms with Gasteiger partial charge in [0.05, 0.1) is 21.8 Å². The summed E-state index contributed by atoms with van der Waals surface area (Å²) < 4.78 is 21.7. The maximum Gasteiger partial charge on any atom is 0.175 e. The number of carbonyl (C=O) groups excluding carboxylic acids is 1. The highest BCUT2D eigenvalue weighted by molar-refractivity contribution is 7.90. The molecule has 1 heterocycles. The molecule has 78 valence electrons. The van der Waals surface area contributed by atoms with E-state index in [1.165, 1.54) is 11.3 Å². The van der Waals surface area contributed by atoms with Gasteiger partial charge in [-0.05, 0) is 6.92 Å². The van der Waals surface area contributed by atoms with E-state index in [2.05, 4.69) is 4.98 Å². The third kappa shape index (κ3) is 3.19. The Morgan fingerprint density at radius 3 is 2.64 bits per heavy atom. The van der Waals surface area contributed by atoms with Crippen LogP contribution in [-0.2, 0) is 9.84 Å². The maximum absolute atomic E-state index is 11.5. The lowest BCUT2D eigenvalue weighted by Gasteiger charge is -1.97. The smallest absolute Gasteiger partial charge is 0.175 e. The zero-order valence-electron chi connectivity index (χ0n) is 7.98. The second-order valence-corrected chi connectivity index (χ2v) is 6.18. The van der Waals surface area contributed by atoms with E-state index in [0.29, 0.717) is 10.6 Å². The van der Waals surface area contributed by atoms with Gasteiger partial charge in [-0.3, -0.25) is 4.79 Å². The average Bonchev–Trinajstić information content (AvgIpc) is 2.46. The number of hydrogen-bond donors (Lipinski definition) is 0. The lowest BCUT2D eigenvalue weighted by molar-refractivity contribution is 0.0992. The first kappa shape index (κ1) is 11.3. The highest BCUT2D eigenvalue weighted by Gasteiger charge is 2.13. The van der Waals surface area contributed by atoms with Crippen LogP contribution in [0.3, 0.4) is 0 Å². The molecule has 1 rings (SSSR count). The van der Waals surface area contributed by atoms with Crippen LogP contribution in [0.2, 0.25) is 0 Å². The Balaban J connectivity index is 2.65. The molecule has 0 aliphatic rings. The second kappa shape index (κ2) is 4.18. The largest absolute Gasteiger partial charge is 0.293 e. The molecule has 0 amide bonds. The summed E-state index contributed by atoms with van der Waals surface area (Å²) in [6.07, 6.45) is 1.17. The maximum atomic E-state index is 11.5. The first-order valence-electron chi connectivity index (χ1n) is 4.01. The first-order chi connectivity index (χ1) is 6.40. The number of ketones is 1. The molecule has 0 unspecified atom stereocenters. The van der Waals surface area contributed by atoms with Crippen LogP contribution in [0.5, 0.6) is 0 Å². The van der Waals surface area contributed by atoms with Crippen LogP contribution in [0.4, 0.5) is 0 Å². The highest BCUT2D eigenvalue weighted by Crippen LogP contribution is 2.14. The van der Waals surface area contributed by atoms with Crippen molar-refractivity contribution in [2.45, 2.75) is 13.3 Å². The summed E-state index contributed by atoms with van der Waals surface area (Å²) in [5, 5.41) is 0. The molecule has 6 heteroatoms. The van der Waals surface area contributed by atoms with Crippen molar-refractivity contribution in [2.75, 3.05) is 12.0 Å². The van der Waals surface area contributed by atoms with Crippen molar-refractivity contribution in [1.82, 2.24) is 4.98 Å². The summed E-state index contributed by atoms with van der Waals surface area (Å²) in [5.41, 5.74) is 2.26. The topological polar surface area (TPSA) is 64.1 Å². The number of hydrogen-bond acceptors (Lipinski definition) is 5. The second-order valence-electron chi connectivity index (χ2n) is 3.07. The van der Waals surface area contributed by atoms with Gasteiger partial charge < -0.3 is 0 Å². The van der Waals surface area contributed by atoms with Gasteiger partial charge in [0, 0.05) is 12.7 Å². The van der Waals surface area contributed by atoms with Gasteiger partial charge in [0.1, 0.15) is 9.84 Å². The zero-order valence-corrected chi connectivity index (χ0v) is 9.61. The van der Waals surface area contributed by atoms with Gasteiger partial charge in [-0.25, -0.2) is 13.4 Å². The number of carbonyl (C=O) groups is 1. The molecule has 1 aromatic heterocycles. The molecular weight excluding hydrogens is 222 g/mol. The molecule has 0 fully saturated rings. The molecule has 0 radical (unpaired) electrons. The zero-order chi connectivity index (χ0) is 10.8. The van der Waals surface area contributed by atoms with Gasteiger partial charge >= 0.3 is 0 Å². The number of thiazole rings is 1. The van der Waals surface area contributed by atoms with Gasteiger partial charge in [-0.1, -0.05) is 0 Å². The SMILES string of the molecule is Cc1ncsc1C(=O)CCS(C)(=O)=O. The number of aryl methyl sites for hydroxylation is 1. The molecule has 0 atom stereocenters. The summed E-state index contributed by atoms with van der Waals surface area (Å²) in [4.78, 5) is 16.0. The van der Waals surface area contributed by atoms with E-state index in [1.807, 2.05) is 0 Å². The molecule has 0 N–H and O–H groups in total. The summed E-state index contributed by atoms with van der Waals surface area (Å²) >= 11 is 1.25. The van der Waals surface area contributed by atoms with Gasteiger partial charge in [-0.15, -0.1) is 11.3 Å². The number of Topliss-reactive ketones (excluding diaryl/α,β-unsaturated/α-hetero) is 1. The molecule has 1 aromatic rings. The molecular formula is C8H11NO3S2. The monoisotopic (exact) mass is 233 g/mol. The van der Waals surface area contributed by atoms with Crippen LogP contribution in [0.25, 0.3) is 0 Å². The van der Waals surface area contributed by atoms with E-state index >= 15 is 0 Å². The van der Waals surface area contributed by atoms with Crippen molar-refractivity contribution in [3.8, 4) is 0 Å².